The van der Waals surface area contributed by atoms with Crippen molar-refractivity contribution >= 4 is 17.3 Å². The van der Waals surface area contributed by atoms with E-state index in [0.717, 1.165) is 12.8 Å². The van der Waals surface area contributed by atoms with Gasteiger partial charge in [0.2, 0.25) is 0 Å². The third kappa shape index (κ3) is 6.15. The minimum atomic E-state index is -4.07. The fourth-order valence-corrected chi connectivity index (χ4v) is 2.07. The molecule has 1 aliphatic rings. The minimum Gasteiger partial charge on any atom is -0.363 e. The summed E-state index contributed by atoms with van der Waals surface area (Å²) in [5, 5.41) is 6.40. The average molecular weight is 254 g/mol. The van der Waals surface area contributed by atoms with Gasteiger partial charge in [-0.25, -0.2) is 0 Å². The molecule has 1 fully saturated rings. The highest BCUT2D eigenvalue weighted by molar-refractivity contribution is 7.80. The molecule has 94 valence electrons. The minimum absolute atomic E-state index is 0.0655. The molecule has 0 spiro atoms. The summed E-state index contributed by atoms with van der Waals surface area (Å²) in [5.41, 5.74) is 0. The van der Waals surface area contributed by atoms with E-state index >= 15 is 0 Å². The number of nitrogens with one attached hydrogen (secondary N) is 2. The van der Waals surface area contributed by atoms with Crippen molar-refractivity contribution in [2.75, 3.05) is 6.54 Å². The van der Waals surface area contributed by atoms with Crippen LogP contribution in [0, 0.1) is 0 Å². The van der Waals surface area contributed by atoms with Gasteiger partial charge in [-0.1, -0.05) is 12.8 Å². The lowest BCUT2D eigenvalue weighted by molar-refractivity contribution is -0.135. The van der Waals surface area contributed by atoms with Gasteiger partial charge in [-0.3, -0.25) is 0 Å². The molecule has 1 aliphatic carbocycles. The van der Waals surface area contributed by atoms with Gasteiger partial charge in [0.15, 0.2) is 5.11 Å². The molecule has 0 saturated heterocycles. The van der Waals surface area contributed by atoms with Crippen molar-refractivity contribution < 1.29 is 13.2 Å². The first-order valence-electron chi connectivity index (χ1n) is 5.58. The Hall–Kier alpha value is -0.520. The topological polar surface area (TPSA) is 24.1 Å². The van der Waals surface area contributed by atoms with Crippen LogP contribution < -0.4 is 10.6 Å². The van der Waals surface area contributed by atoms with Gasteiger partial charge >= 0.3 is 6.18 Å². The molecule has 2 N–H and O–H groups in total. The summed E-state index contributed by atoms with van der Waals surface area (Å²) in [5.74, 6) is 0. The molecule has 0 radical (unpaired) electrons. The number of halogens is 3. The van der Waals surface area contributed by atoms with Gasteiger partial charge in [-0.15, -0.1) is 0 Å². The monoisotopic (exact) mass is 254 g/mol. The maximum Gasteiger partial charge on any atom is 0.389 e. The number of hydrogen-bond donors (Lipinski definition) is 2. The Bertz CT molecular complexity index is 225. The molecule has 0 aliphatic heterocycles. The molecule has 2 nitrogen and oxygen atoms in total. The molecule has 1 saturated carbocycles. The Kier molecular flexibility index (Phi) is 5.31. The van der Waals surface area contributed by atoms with E-state index in [2.05, 4.69) is 10.6 Å². The van der Waals surface area contributed by atoms with Crippen LogP contribution in [0.5, 0.6) is 0 Å². The molecule has 0 aromatic rings. The van der Waals surface area contributed by atoms with Crippen LogP contribution in [0.1, 0.15) is 38.5 Å². The predicted octanol–water partition coefficient (Wildman–Crippen LogP) is 2.74. The van der Waals surface area contributed by atoms with E-state index in [-0.39, 0.29) is 13.0 Å². The Morgan fingerprint density at radius 2 is 1.88 bits per heavy atom. The van der Waals surface area contributed by atoms with Crippen molar-refractivity contribution in [3.63, 3.8) is 0 Å². The zero-order chi connectivity index (χ0) is 12.0. The van der Waals surface area contributed by atoms with E-state index in [1.54, 1.807) is 0 Å². The highest BCUT2D eigenvalue weighted by Gasteiger charge is 2.25. The van der Waals surface area contributed by atoms with Crippen molar-refractivity contribution in [3.8, 4) is 0 Å². The molecule has 0 atom stereocenters. The zero-order valence-electron chi connectivity index (χ0n) is 9.07. The Labute approximate surface area is 99.0 Å². The normalized spacial score (nSPS) is 17.4. The maximum atomic E-state index is 11.8. The number of rotatable bonds is 4. The van der Waals surface area contributed by atoms with Crippen LogP contribution >= 0.6 is 12.2 Å². The van der Waals surface area contributed by atoms with Crippen LogP contribution in [-0.2, 0) is 0 Å². The number of hydrogen-bond acceptors (Lipinski definition) is 1. The first kappa shape index (κ1) is 13.5. The molecule has 0 amide bonds. The third-order valence-electron chi connectivity index (χ3n) is 2.61. The fourth-order valence-electron chi connectivity index (χ4n) is 1.80. The molecule has 0 bridgehead atoms. The van der Waals surface area contributed by atoms with E-state index in [1.807, 2.05) is 0 Å². The lowest BCUT2D eigenvalue weighted by Crippen LogP contribution is -2.41. The second kappa shape index (κ2) is 6.27. The molecule has 0 unspecified atom stereocenters. The van der Waals surface area contributed by atoms with Crippen molar-refractivity contribution in [1.82, 2.24) is 10.6 Å². The zero-order valence-corrected chi connectivity index (χ0v) is 9.89. The van der Waals surface area contributed by atoms with Gasteiger partial charge < -0.3 is 10.6 Å². The molecular weight excluding hydrogens is 237 g/mol. The lowest BCUT2D eigenvalue weighted by atomic mass is 10.2. The maximum absolute atomic E-state index is 11.8. The second-order valence-corrected chi connectivity index (χ2v) is 4.51. The quantitative estimate of drug-likeness (QED) is 0.596. The summed E-state index contributed by atoms with van der Waals surface area (Å²) in [6.45, 7) is 0.276. The summed E-state index contributed by atoms with van der Waals surface area (Å²) in [6.07, 6.45) is -0.151. The molecule has 0 aromatic heterocycles. The van der Waals surface area contributed by atoms with Gasteiger partial charge in [0, 0.05) is 19.0 Å². The number of alkyl halides is 3. The van der Waals surface area contributed by atoms with Crippen molar-refractivity contribution in [2.45, 2.75) is 50.7 Å². The molecule has 0 heterocycles. The van der Waals surface area contributed by atoms with Gasteiger partial charge in [0.1, 0.15) is 0 Å². The summed E-state index contributed by atoms with van der Waals surface area (Å²) < 4.78 is 35.5. The summed E-state index contributed by atoms with van der Waals surface area (Å²) in [6, 6.07) is 0.405. The van der Waals surface area contributed by atoms with Crippen molar-refractivity contribution in [2.24, 2.45) is 0 Å². The molecule has 6 heteroatoms. The van der Waals surface area contributed by atoms with Crippen LogP contribution in [0.2, 0.25) is 0 Å². The Morgan fingerprint density at radius 1 is 1.25 bits per heavy atom. The van der Waals surface area contributed by atoms with Crippen molar-refractivity contribution in [3.05, 3.63) is 0 Å². The van der Waals surface area contributed by atoms with E-state index in [4.69, 9.17) is 12.2 Å². The second-order valence-electron chi connectivity index (χ2n) is 4.10. The van der Waals surface area contributed by atoms with Gasteiger partial charge in [0.05, 0.1) is 0 Å². The smallest absolute Gasteiger partial charge is 0.363 e. The molecule has 16 heavy (non-hydrogen) atoms. The van der Waals surface area contributed by atoms with Crippen LogP contribution in [0.15, 0.2) is 0 Å². The van der Waals surface area contributed by atoms with E-state index < -0.39 is 12.6 Å². The van der Waals surface area contributed by atoms with Crippen LogP contribution in [-0.4, -0.2) is 23.9 Å². The largest absolute Gasteiger partial charge is 0.389 e. The lowest BCUT2D eigenvalue weighted by Gasteiger charge is -2.15. The fraction of sp³-hybridized carbons (Fsp3) is 0.900. The van der Waals surface area contributed by atoms with Crippen molar-refractivity contribution in [1.29, 1.82) is 0 Å². The Balaban J connectivity index is 2.02. The van der Waals surface area contributed by atoms with Crippen LogP contribution in [0.4, 0.5) is 13.2 Å². The van der Waals surface area contributed by atoms with Gasteiger partial charge in [-0.2, -0.15) is 13.2 Å². The van der Waals surface area contributed by atoms with E-state index in [0.29, 0.717) is 11.2 Å². The average Bonchev–Trinajstić information content (AvgIpc) is 2.63. The summed E-state index contributed by atoms with van der Waals surface area (Å²) >= 11 is 4.99. The molecular formula is C10H17F3N2S. The highest BCUT2D eigenvalue weighted by atomic mass is 32.1. The number of thiocarbonyl (C=S) groups is 1. The first-order chi connectivity index (χ1) is 7.47. The van der Waals surface area contributed by atoms with E-state index in [1.165, 1.54) is 12.8 Å². The SMILES string of the molecule is FC(F)(F)CCCNC(=S)NC1CCCC1. The summed E-state index contributed by atoms with van der Waals surface area (Å²) in [4.78, 5) is 0. The van der Waals surface area contributed by atoms with Gasteiger partial charge in [-0.05, 0) is 31.5 Å². The molecule has 1 rings (SSSR count). The summed E-state index contributed by atoms with van der Waals surface area (Å²) in [7, 11) is 0. The Morgan fingerprint density at radius 3 is 2.44 bits per heavy atom. The van der Waals surface area contributed by atoms with Gasteiger partial charge in [0.25, 0.3) is 0 Å². The standard InChI is InChI=1S/C10H17F3N2S/c11-10(12,13)6-3-7-14-9(16)15-8-4-1-2-5-8/h8H,1-7H2,(H2,14,15,16). The van der Waals surface area contributed by atoms with E-state index in [9.17, 15) is 13.2 Å². The molecule has 0 aromatic carbocycles. The first-order valence-corrected chi connectivity index (χ1v) is 5.99. The van der Waals surface area contributed by atoms with Crippen LogP contribution in [0.3, 0.4) is 0 Å². The van der Waals surface area contributed by atoms with Crippen LogP contribution in [0.25, 0.3) is 0 Å². The third-order valence-corrected chi connectivity index (χ3v) is 2.88. The predicted molar refractivity (Wildman–Crippen MR) is 61.3 cm³/mol. The highest BCUT2D eigenvalue weighted by Crippen LogP contribution is 2.20.